The number of hydrogen-bond acceptors (Lipinski definition) is 6. The van der Waals surface area contributed by atoms with Gasteiger partial charge in [0.05, 0.1) is 23.5 Å². The van der Waals surface area contributed by atoms with E-state index in [2.05, 4.69) is 0 Å². The predicted octanol–water partition coefficient (Wildman–Crippen LogP) is 1.51. The van der Waals surface area contributed by atoms with Gasteiger partial charge in [0.25, 0.3) is 10.0 Å². The van der Waals surface area contributed by atoms with Crippen LogP contribution in [0.5, 0.6) is 5.75 Å². The Balaban J connectivity index is 2.12. The topological polar surface area (TPSA) is 98.8 Å². The van der Waals surface area contributed by atoms with E-state index in [0.717, 1.165) is 12.3 Å². The van der Waals surface area contributed by atoms with Gasteiger partial charge in [0.15, 0.2) is 9.84 Å². The zero-order valence-corrected chi connectivity index (χ0v) is 14.7. The number of nitrogens with one attached hydrogen (secondary N) is 1. The largest absolute Gasteiger partial charge is 0.496 e. The zero-order valence-electron chi connectivity index (χ0n) is 13.1. The molecule has 0 radical (unpaired) electrons. The van der Waals surface area contributed by atoms with Crippen LogP contribution in [0.2, 0.25) is 0 Å². The highest BCUT2D eigenvalue weighted by atomic mass is 32.2. The van der Waals surface area contributed by atoms with Crippen LogP contribution in [0.3, 0.4) is 0 Å². The van der Waals surface area contributed by atoms with Crippen LogP contribution < -0.4 is 9.62 Å². The molecule has 24 heavy (non-hydrogen) atoms. The summed E-state index contributed by atoms with van der Waals surface area (Å²) in [7, 11) is -6.02. The number of methoxy groups -OCH3 is 1. The van der Waals surface area contributed by atoms with Gasteiger partial charge < -0.3 is 4.74 Å². The third kappa shape index (κ3) is 4.54. The number of sulfonamides is 1. The Morgan fingerprint density at radius 2 is 1.62 bits per heavy atom. The van der Waals surface area contributed by atoms with Crippen molar-refractivity contribution in [3.63, 3.8) is 0 Å². The highest BCUT2D eigenvalue weighted by Crippen LogP contribution is 2.19. The van der Waals surface area contributed by atoms with Crippen LogP contribution in [-0.4, -0.2) is 30.2 Å². The molecule has 2 aromatic rings. The first kappa shape index (κ1) is 18.4. The molecule has 0 atom stereocenters. The van der Waals surface area contributed by atoms with Gasteiger partial charge in [-0.25, -0.2) is 16.8 Å². The average molecular weight is 371 g/mol. The SMILES string of the molecule is COc1ccccc1CONS(=O)(=O)c1cccc(S(C)(=O)=O)c1. The fourth-order valence-corrected chi connectivity index (χ4v) is 3.52. The minimum absolute atomic E-state index is 0.0466. The molecule has 0 aliphatic heterocycles. The summed E-state index contributed by atoms with van der Waals surface area (Å²) in [6.45, 7) is -0.0466. The first-order valence-electron chi connectivity index (χ1n) is 6.79. The molecule has 7 nitrogen and oxygen atoms in total. The second-order valence-corrected chi connectivity index (χ2v) is 8.59. The molecule has 0 saturated carbocycles. The Labute approximate surface area is 141 Å². The van der Waals surface area contributed by atoms with Crippen molar-refractivity contribution in [1.29, 1.82) is 0 Å². The van der Waals surface area contributed by atoms with Gasteiger partial charge in [-0.1, -0.05) is 29.2 Å². The number of rotatable bonds is 7. The predicted molar refractivity (Wildman–Crippen MR) is 87.7 cm³/mol. The Hall–Kier alpha value is -1.94. The fraction of sp³-hybridized carbons (Fsp3) is 0.200. The minimum Gasteiger partial charge on any atom is -0.496 e. The fourth-order valence-electron chi connectivity index (χ4n) is 1.93. The van der Waals surface area contributed by atoms with Crippen molar-refractivity contribution in [2.45, 2.75) is 16.4 Å². The molecule has 0 bridgehead atoms. The summed E-state index contributed by atoms with van der Waals surface area (Å²) in [6, 6.07) is 12.0. The summed E-state index contributed by atoms with van der Waals surface area (Å²) < 4.78 is 52.6. The zero-order chi connectivity index (χ0) is 17.8. The number of hydrogen-bond donors (Lipinski definition) is 1. The van der Waals surface area contributed by atoms with Gasteiger partial charge in [0, 0.05) is 11.8 Å². The van der Waals surface area contributed by atoms with Crippen molar-refractivity contribution in [3.05, 3.63) is 54.1 Å². The molecule has 0 aliphatic rings. The van der Waals surface area contributed by atoms with E-state index in [1.54, 1.807) is 24.3 Å². The average Bonchev–Trinajstić information content (AvgIpc) is 2.54. The summed E-state index contributed by atoms with van der Waals surface area (Å²) in [5, 5.41) is 0. The molecule has 130 valence electrons. The standard InChI is InChI=1S/C15H17NO6S2/c1-21-15-9-4-3-6-12(15)11-22-16-24(19,20)14-8-5-7-13(10-14)23(2,17)18/h3-10,16H,11H2,1-2H3. The van der Waals surface area contributed by atoms with E-state index >= 15 is 0 Å². The Morgan fingerprint density at radius 1 is 0.958 bits per heavy atom. The lowest BCUT2D eigenvalue weighted by molar-refractivity contribution is 0.0780. The molecular weight excluding hydrogens is 354 g/mol. The molecule has 0 amide bonds. The highest BCUT2D eigenvalue weighted by Gasteiger charge is 2.17. The van der Waals surface area contributed by atoms with Crippen molar-refractivity contribution < 1.29 is 26.4 Å². The highest BCUT2D eigenvalue weighted by molar-refractivity contribution is 7.91. The van der Waals surface area contributed by atoms with Crippen molar-refractivity contribution in [3.8, 4) is 5.75 Å². The van der Waals surface area contributed by atoms with E-state index in [1.165, 1.54) is 25.3 Å². The number of ether oxygens (including phenoxy) is 1. The monoisotopic (exact) mass is 371 g/mol. The maximum absolute atomic E-state index is 12.2. The van der Waals surface area contributed by atoms with E-state index in [-0.39, 0.29) is 16.4 Å². The van der Waals surface area contributed by atoms with Crippen LogP contribution in [0, 0.1) is 0 Å². The molecule has 0 heterocycles. The van der Waals surface area contributed by atoms with Gasteiger partial charge in [-0.3, -0.25) is 4.84 Å². The summed E-state index contributed by atoms with van der Waals surface area (Å²) in [6.07, 6.45) is 1.00. The first-order chi connectivity index (χ1) is 11.2. The van der Waals surface area contributed by atoms with Crippen LogP contribution in [0.4, 0.5) is 0 Å². The second-order valence-electron chi connectivity index (χ2n) is 4.93. The van der Waals surface area contributed by atoms with Gasteiger partial charge in [0.1, 0.15) is 5.75 Å². The molecule has 9 heteroatoms. The second kappa shape index (κ2) is 7.31. The smallest absolute Gasteiger partial charge is 0.262 e. The molecule has 0 spiro atoms. The Bertz CT molecular complexity index is 922. The van der Waals surface area contributed by atoms with Gasteiger partial charge in [0.2, 0.25) is 0 Å². The van der Waals surface area contributed by atoms with Crippen LogP contribution in [-0.2, 0) is 31.3 Å². The van der Waals surface area contributed by atoms with E-state index in [1.807, 2.05) is 4.89 Å². The lowest BCUT2D eigenvalue weighted by Crippen LogP contribution is -2.24. The number of benzene rings is 2. The van der Waals surface area contributed by atoms with Gasteiger partial charge >= 0.3 is 0 Å². The molecule has 0 fully saturated rings. The Kier molecular flexibility index (Phi) is 5.60. The normalized spacial score (nSPS) is 12.1. The summed E-state index contributed by atoms with van der Waals surface area (Å²) in [5.74, 6) is 0.566. The maximum atomic E-state index is 12.2. The van der Waals surface area contributed by atoms with Gasteiger partial charge in [-0.05, 0) is 24.3 Å². The van der Waals surface area contributed by atoms with Gasteiger partial charge in [-0.15, -0.1) is 0 Å². The molecule has 0 aliphatic carbocycles. The summed E-state index contributed by atoms with van der Waals surface area (Å²) >= 11 is 0. The molecule has 2 aromatic carbocycles. The molecule has 0 aromatic heterocycles. The van der Waals surface area contributed by atoms with Crippen LogP contribution >= 0.6 is 0 Å². The van der Waals surface area contributed by atoms with Crippen molar-refractivity contribution >= 4 is 19.9 Å². The number of sulfone groups is 1. The molecule has 2 rings (SSSR count). The van der Waals surface area contributed by atoms with E-state index < -0.39 is 19.9 Å². The third-order valence-corrected chi connectivity index (χ3v) is 5.45. The molecule has 0 saturated heterocycles. The molecular formula is C15H17NO6S2. The van der Waals surface area contributed by atoms with Crippen molar-refractivity contribution in [1.82, 2.24) is 4.89 Å². The van der Waals surface area contributed by atoms with Crippen LogP contribution in [0.15, 0.2) is 58.3 Å². The Morgan fingerprint density at radius 3 is 2.29 bits per heavy atom. The van der Waals surface area contributed by atoms with Gasteiger partial charge in [-0.2, -0.15) is 0 Å². The van der Waals surface area contributed by atoms with Crippen molar-refractivity contribution in [2.75, 3.05) is 13.4 Å². The van der Waals surface area contributed by atoms with Crippen LogP contribution in [0.25, 0.3) is 0 Å². The first-order valence-corrected chi connectivity index (χ1v) is 10.2. The maximum Gasteiger partial charge on any atom is 0.262 e. The third-order valence-electron chi connectivity index (χ3n) is 3.13. The van der Waals surface area contributed by atoms with E-state index in [4.69, 9.17) is 9.57 Å². The lowest BCUT2D eigenvalue weighted by Gasteiger charge is -2.10. The minimum atomic E-state index is -4.01. The number of para-hydroxylation sites is 1. The lowest BCUT2D eigenvalue weighted by atomic mass is 10.2. The van der Waals surface area contributed by atoms with E-state index in [9.17, 15) is 16.8 Å². The van der Waals surface area contributed by atoms with Crippen LogP contribution in [0.1, 0.15) is 5.56 Å². The van der Waals surface area contributed by atoms with Crippen molar-refractivity contribution in [2.24, 2.45) is 0 Å². The molecule has 1 N–H and O–H groups in total. The van der Waals surface area contributed by atoms with E-state index in [0.29, 0.717) is 11.3 Å². The summed E-state index contributed by atoms with van der Waals surface area (Å²) in [5.41, 5.74) is 0.660. The summed E-state index contributed by atoms with van der Waals surface area (Å²) in [4.78, 5) is 6.72. The quantitative estimate of drug-likeness (QED) is 0.741. The molecule has 0 unspecified atom stereocenters.